The topological polar surface area (TPSA) is 87.4 Å². The van der Waals surface area contributed by atoms with E-state index in [2.05, 4.69) is 6.58 Å². The number of carbonyl (C=O) groups is 2. The van der Waals surface area contributed by atoms with Crippen molar-refractivity contribution >= 4 is 17.7 Å². The minimum Gasteiger partial charge on any atom is -0.477 e. The second kappa shape index (κ2) is 6.17. The molecule has 0 spiro atoms. The molecule has 0 aliphatic heterocycles. The van der Waals surface area contributed by atoms with Crippen LogP contribution in [0.3, 0.4) is 0 Å². The first kappa shape index (κ1) is 14.2. The molecule has 1 aromatic rings. The van der Waals surface area contributed by atoms with Crippen molar-refractivity contribution in [1.82, 2.24) is 0 Å². The lowest BCUT2D eigenvalue weighted by Crippen LogP contribution is -2.08. The number of carbonyl (C=O) groups excluding carboxylic acids is 1. The number of benzene rings is 1. The summed E-state index contributed by atoms with van der Waals surface area (Å²) < 4.78 is 4.86. The first-order chi connectivity index (χ1) is 8.99. The minimum absolute atomic E-state index is 0.292. The molecule has 0 amide bonds. The number of hydrogen-bond acceptors (Lipinski definition) is 4. The Labute approximate surface area is 110 Å². The zero-order chi connectivity index (χ0) is 14.4. The van der Waals surface area contributed by atoms with Gasteiger partial charge in [0.1, 0.15) is 6.07 Å². The lowest BCUT2D eigenvalue weighted by atomic mass is 10.1. The van der Waals surface area contributed by atoms with Gasteiger partial charge in [0.15, 0.2) is 11.3 Å². The standard InChI is InChI=1S/C14H11NO4/c1-3-12(16)19-13(11(8-15)14(17)18)10-6-4-9(2)5-7-10/h3-7H,1H2,2H3,(H,17,18). The van der Waals surface area contributed by atoms with Crippen molar-refractivity contribution in [3.05, 3.63) is 53.6 Å². The van der Waals surface area contributed by atoms with E-state index in [4.69, 9.17) is 15.1 Å². The predicted molar refractivity (Wildman–Crippen MR) is 67.6 cm³/mol. The predicted octanol–water partition coefficient (Wildman–Crippen LogP) is 2.04. The molecule has 0 saturated heterocycles. The van der Waals surface area contributed by atoms with Gasteiger partial charge in [-0.05, 0) is 6.92 Å². The summed E-state index contributed by atoms with van der Waals surface area (Å²) in [6.45, 7) is 5.08. The number of carboxylic acid groups (broad SMARTS) is 1. The van der Waals surface area contributed by atoms with Crippen LogP contribution in [0.4, 0.5) is 0 Å². The van der Waals surface area contributed by atoms with E-state index < -0.39 is 17.5 Å². The second-order valence-electron chi connectivity index (χ2n) is 3.61. The molecule has 1 N–H and O–H groups in total. The van der Waals surface area contributed by atoms with Gasteiger partial charge < -0.3 is 9.84 Å². The number of carboxylic acids is 1. The first-order valence-electron chi connectivity index (χ1n) is 5.28. The Balaban J connectivity index is 3.39. The SMILES string of the molecule is C=CC(=O)OC(=C(C#N)C(=O)O)c1ccc(C)cc1. The number of esters is 1. The van der Waals surface area contributed by atoms with Crippen molar-refractivity contribution in [1.29, 1.82) is 5.26 Å². The van der Waals surface area contributed by atoms with Crippen molar-refractivity contribution in [2.75, 3.05) is 0 Å². The maximum absolute atomic E-state index is 11.2. The van der Waals surface area contributed by atoms with E-state index in [0.29, 0.717) is 5.56 Å². The molecule has 0 unspecified atom stereocenters. The van der Waals surface area contributed by atoms with Gasteiger partial charge >= 0.3 is 11.9 Å². The van der Waals surface area contributed by atoms with Crippen LogP contribution in [0, 0.1) is 18.3 Å². The summed E-state index contributed by atoms with van der Waals surface area (Å²) in [5, 5.41) is 17.8. The van der Waals surface area contributed by atoms with Gasteiger partial charge in [-0.15, -0.1) is 0 Å². The molecule has 0 aliphatic carbocycles. The lowest BCUT2D eigenvalue weighted by Gasteiger charge is -2.08. The summed E-state index contributed by atoms with van der Waals surface area (Å²) in [5.74, 6) is -2.58. The Morgan fingerprint density at radius 1 is 1.37 bits per heavy atom. The molecule has 1 rings (SSSR count). The Morgan fingerprint density at radius 3 is 2.37 bits per heavy atom. The normalized spacial score (nSPS) is 10.9. The van der Waals surface area contributed by atoms with E-state index in [1.165, 1.54) is 6.07 Å². The summed E-state index contributed by atoms with van der Waals surface area (Å²) >= 11 is 0. The average molecular weight is 257 g/mol. The molecule has 0 aliphatic rings. The van der Waals surface area contributed by atoms with Gasteiger partial charge in [-0.1, -0.05) is 36.4 Å². The zero-order valence-corrected chi connectivity index (χ0v) is 10.2. The van der Waals surface area contributed by atoms with E-state index in [0.717, 1.165) is 11.6 Å². The average Bonchev–Trinajstić information content (AvgIpc) is 2.38. The van der Waals surface area contributed by atoms with Gasteiger partial charge in [-0.2, -0.15) is 5.26 Å². The van der Waals surface area contributed by atoms with Crippen LogP contribution >= 0.6 is 0 Å². The zero-order valence-electron chi connectivity index (χ0n) is 10.2. The van der Waals surface area contributed by atoms with Crippen LogP contribution in [0.1, 0.15) is 11.1 Å². The van der Waals surface area contributed by atoms with Crippen molar-refractivity contribution < 1.29 is 19.4 Å². The fraction of sp³-hybridized carbons (Fsp3) is 0.0714. The molecule has 5 nitrogen and oxygen atoms in total. The van der Waals surface area contributed by atoms with Crippen molar-refractivity contribution in [3.63, 3.8) is 0 Å². The molecular weight excluding hydrogens is 246 g/mol. The van der Waals surface area contributed by atoms with Crippen LogP contribution in [0.2, 0.25) is 0 Å². The van der Waals surface area contributed by atoms with Gasteiger partial charge in [0.25, 0.3) is 0 Å². The number of rotatable bonds is 4. The molecule has 0 atom stereocenters. The maximum Gasteiger partial charge on any atom is 0.350 e. The quantitative estimate of drug-likeness (QED) is 0.386. The van der Waals surface area contributed by atoms with Gasteiger partial charge in [-0.3, -0.25) is 0 Å². The lowest BCUT2D eigenvalue weighted by molar-refractivity contribution is -0.132. The highest BCUT2D eigenvalue weighted by Gasteiger charge is 2.19. The fourth-order valence-electron chi connectivity index (χ4n) is 1.30. The number of aryl methyl sites for hydroxylation is 1. The Bertz CT molecular complexity index is 591. The van der Waals surface area contributed by atoms with Gasteiger partial charge in [0.05, 0.1) is 0 Å². The van der Waals surface area contributed by atoms with Crippen LogP contribution in [0.25, 0.3) is 5.76 Å². The first-order valence-corrected chi connectivity index (χ1v) is 5.28. The summed E-state index contributed by atoms with van der Waals surface area (Å²) in [7, 11) is 0. The molecular formula is C14H11NO4. The Hall–Kier alpha value is -2.87. The van der Waals surface area contributed by atoms with E-state index >= 15 is 0 Å². The number of nitriles is 1. The minimum atomic E-state index is -1.46. The third-order valence-electron chi connectivity index (χ3n) is 2.24. The van der Waals surface area contributed by atoms with Crippen LogP contribution in [-0.4, -0.2) is 17.0 Å². The highest BCUT2D eigenvalue weighted by atomic mass is 16.5. The van der Waals surface area contributed by atoms with Crippen molar-refractivity contribution in [3.8, 4) is 6.07 Å². The van der Waals surface area contributed by atoms with Gasteiger partial charge in [0.2, 0.25) is 0 Å². The summed E-state index contributed by atoms with van der Waals surface area (Å²) in [6, 6.07) is 8.09. The van der Waals surface area contributed by atoms with E-state index in [1.54, 1.807) is 24.3 Å². The van der Waals surface area contributed by atoms with Gasteiger partial charge in [0, 0.05) is 11.6 Å². The molecule has 0 radical (unpaired) electrons. The molecule has 0 aromatic heterocycles. The van der Waals surface area contributed by atoms with Crippen LogP contribution in [0.15, 0.2) is 42.5 Å². The second-order valence-corrected chi connectivity index (χ2v) is 3.61. The number of ether oxygens (including phenoxy) is 1. The Kier molecular flexibility index (Phi) is 4.61. The number of nitrogens with zero attached hydrogens (tertiary/aromatic N) is 1. The van der Waals surface area contributed by atoms with Gasteiger partial charge in [-0.25, -0.2) is 9.59 Å². The molecule has 96 valence electrons. The van der Waals surface area contributed by atoms with E-state index in [1.807, 2.05) is 6.92 Å². The van der Waals surface area contributed by atoms with Crippen LogP contribution in [-0.2, 0) is 14.3 Å². The molecule has 0 saturated carbocycles. The summed E-state index contributed by atoms with van der Waals surface area (Å²) in [6.07, 6.45) is 0.894. The van der Waals surface area contributed by atoms with Crippen LogP contribution < -0.4 is 0 Å². The summed E-state index contributed by atoms with van der Waals surface area (Å²) in [5.41, 5.74) is 0.644. The molecule has 1 aromatic carbocycles. The monoisotopic (exact) mass is 257 g/mol. The van der Waals surface area contributed by atoms with E-state index in [9.17, 15) is 9.59 Å². The number of hydrogen-bond donors (Lipinski definition) is 1. The smallest absolute Gasteiger partial charge is 0.350 e. The molecule has 19 heavy (non-hydrogen) atoms. The van der Waals surface area contributed by atoms with Crippen molar-refractivity contribution in [2.45, 2.75) is 6.92 Å². The fourth-order valence-corrected chi connectivity index (χ4v) is 1.30. The third kappa shape index (κ3) is 3.54. The van der Waals surface area contributed by atoms with Crippen molar-refractivity contribution in [2.24, 2.45) is 0 Å². The highest BCUT2D eigenvalue weighted by Crippen LogP contribution is 2.21. The number of aliphatic carboxylic acids is 1. The van der Waals surface area contributed by atoms with E-state index in [-0.39, 0.29) is 5.76 Å². The third-order valence-corrected chi connectivity index (χ3v) is 2.24. The Morgan fingerprint density at radius 2 is 1.95 bits per heavy atom. The maximum atomic E-state index is 11.2. The molecule has 0 bridgehead atoms. The summed E-state index contributed by atoms with van der Waals surface area (Å²) in [4.78, 5) is 22.2. The molecule has 5 heteroatoms. The molecule has 0 heterocycles. The van der Waals surface area contributed by atoms with Crippen LogP contribution in [0.5, 0.6) is 0 Å². The molecule has 0 fully saturated rings. The highest BCUT2D eigenvalue weighted by molar-refractivity contribution is 6.01. The largest absolute Gasteiger partial charge is 0.477 e.